The smallest absolute Gasteiger partial charge is 0.259 e. The molecule has 8 nitrogen and oxygen atoms in total. The molecule has 1 aromatic heterocycles. The van der Waals surface area contributed by atoms with E-state index in [0.29, 0.717) is 22.4 Å². The van der Waals surface area contributed by atoms with E-state index in [-0.39, 0.29) is 17.0 Å². The van der Waals surface area contributed by atoms with Gasteiger partial charge in [-0.1, -0.05) is 102 Å². The number of hydrogen-bond donors (Lipinski definition) is 4. The van der Waals surface area contributed by atoms with Crippen LogP contribution in [0.2, 0.25) is 0 Å². The van der Waals surface area contributed by atoms with Crippen molar-refractivity contribution in [3.8, 4) is 5.75 Å². The largest absolute Gasteiger partial charge is 0.505 e. The summed E-state index contributed by atoms with van der Waals surface area (Å²) in [5.74, 6) is -0.745. The number of H-pyrrole nitrogens is 1. The Labute approximate surface area is 341 Å². The molecule has 0 spiro atoms. The molecule has 1 heterocycles. The second-order valence-electron chi connectivity index (χ2n) is 14.7. The number of azo groups is 1. The van der Waals surface area contributed by atoms with Crippen molar-refractivity contribution >= 4 is 90.4 Å². The van der Waals surface area contributed by atoms with Crippen molar-refractivity contribution in [1.29, 1.82) is 0 Å². The summed E-state index contributed by atoms with van der Waals surface area (Å²) in [7, 11) is 0. The number of aromatic nitrogens is 1. The first-order valence-electron chi connectivity index (χ1n) is 19.4. The lowest BCUT2D eigenvalue weighted by atomic mass is 10.00. The maximum Gasteiger partial charge on any atom is 0.259 e. The van der Waals surface area contributed by atoms with Crippen molar-refractivity contribution in [2.75, 3.05) is 16.0 Å². The van der Waals surface area contributed by atoms with Crippen LogP contribution in [-0.2, 0) is 0 Å². The van der Waals surface area contributed by atoms with Gasteiger partial charge in [-0.15, -0.1) is 5.11 Å². The highest BCUT2D eigenvalue weighted by molar-refractivity contribution is 6.22. The maximum atomic E-state index is 13.8. The van der Waals surface area contributed by atoms with Gasteiger partial charge in [0.15, 0.2) is 5.75 Å². The second kappa shape index (κ2) is 15.5. The van der Waals surface area contributed by atoms with Gasteiger partial charge in [0.05, 0.1) is 16.8 Å². The minimum Gasteiger partial charge on any atom is -0.505 e. The number of para-hydroxylation sites is 1. The summed E-state index contributed by atoms with van der Waals surface area (Å²) in [4.78, 5) is 19.6. The third-order valence-corrected chi connectivity index (χ3v) is 10.5. The van der Waals surface area contributed by atoms with Gasteiger partial charge in [-0.25, -0.2) is 0 Å². The van der Waals surface area contributed by atoms with Crippen LogP contribution in [0, 0.1) is 13.8 Å². The third kappa shape index (κ3) is 7.50. The number of aromatic hydroxyl groups is 1. The van der Waals surface area contributed by atoms with E-state index in [1.165, 1.54) is 11.1 Å². The van der Waals surface area contributed by atoms with Crippen molar-refractivity contribution in [3.63, 3.8) is 0 Å². The van der Waals surface area contributed by atoms with Crippen LogP contribution in [0.5, 0.6) is 5.75 Å². The average Bonchev–Trinajstić information content (AvgIpc) is 3.64. The van der Waals surface area contributed by atoms with Gasteiger partial charge in [-0.3, -0.25) is 4.79 Å². The molecule has 0 atom stereocenters. The Balaban J connectivity index is 0.961. The number of aromatic amines is 1. The zero-order valence-electron chi connectivity index (χ0n) is 32.5. The number of benzene rings is 8. The topological polar surface area (TPSA) is 119 Å². The molecule has 286 valence electrons. The zero-order valence-corrected chi connectivity index (χ0v) is 32.5. The van der Waals surface area contributed by atoms with Crippen LogP contribution in [0.25, 0.3) is 44.7 Å². The molecule has 5 N–H and O–H groups in total. The number of hydrogen-bond acceptors (Lipinski definition) is 6. The number of phenols is 1. The normalized spacial score (nSPS) is 11.6. The molecule has 1 amide bonds. The van der Waals surface area contributed by atoms with E-state index in [1.807, 2.05) is 66.7 Å². The van der Waals surface area contributed by atoms with Crippen LogP contribution in [0.15, 0.2) is 174 Å². The predicted molar refractivity (Wildman–Crippen MR) is 244 cm³/mol. The van der Waals surface area contributed by atoms with Crippen LogP contribution in [0.4, 0.5) is 39.8 Å². The molecule has 8 heteroatoms. The van der Waals surface area contributed by atoms with Crippen molar-refractivity contribution in [3.05, 3.63) is 192 Å². The quantitative estimate of drug-likeness (QED) is 0.0664. The first-order valence-corrected chi connectivity index (χ1v) is 19.4. The van der Waals surface area contributed by atoms with Gasteiger partial charge in [-0.2, -0.15) is 5.11 Å². The summed E-state index contributed by atoms with van der Waals surface area (Å²) in [5.41, 5.74) is 17.3. The molecule has 8 aromatic carbocycles. The van der Waals surface area contributed by atoms with Crippen LogP contribution < -0.4 is 16.0 Å². The highest BCUT2D eigenvalue weighted by Crippen LogP contribution is 2.44. The van der Waals surface area contributed by atoms with E-state index in [0.717, 1.165) is 55.4 Å². The third-order valence-electron chi connectivity index (χ3n) is 10.5. The first-order chi connectivity index (χ1) is 28.8. The van der Waals surface area contributed by atoms with Gasteiger partial charge >= 0.3 is 0 Å². The summed E-state index contributed by atoms with van der Waals surface area (Å²) >= 11 is 0. The number of nitrogens with one attached hydrogen (secondary N) is 2. The van der Waals surface area contributed by atoms with Gasteiger partial charge in [0, 0.05) is 50.1 Å². The molecule has 59 heavy (non-hydrogen) atoms. The Morgan fingerprint density at radius 3 is 1.86 bits per heavy atom. The predicted octanol–water partition coefficient (Wildman–Crippen LogP) is 13.7. The molecule has 0 bridgehead atoms. The maximum absolute atomic E-state index is 13.8. The second-order valence-corrected chi connectivity index (χ2v) is 14.7. The molecule has 9 aromatic rings. The molecular formula is C51H40N6O2. The molecule has 0 radical (unpaired) electrons. The van der Waals surface area contributed by atoms with Crippen LogP contribution >= 0.6 is 0 Å². The van der Waals surface area contributed by atoms with Crippen LogP contribution in [-0.4, -0.2) is 16.0 Å². The highest BCUT2D eigenvalue weighted by Gasteiger charge is 2.22. The summed E-state index contributed by atoms with van der Waals surface area (Å²) in [6.45, 7) is 4.19. The minimum absolute atomic E-state index is 0.0787. The summed E-state index contributed by atoms with van der Waals surface area (Å²) < 4.78 is 0. The fourth-order valence-corrected chi connectivity index (χ4v) is 7.34. The SMILES string of the molecule is Cc1ccc(N(c2ccc(C)cc2)c2ccc(/C=C/c3ccc(NC(=O)c4cc5ccc6c7ccccc7[nH]c6c5c(N=Nc5ccc(N)cc5)c4O)cc3)cc2)cc1. The summed E-state index contributed by atoms with van der Waals surface area (Å²) in [5, 5.41) is 27.1. The number of rotatable bonds is 9. The van der Waals surface area contributed by atoms with Crippen molar-refractivity contribution in [2.45, 2.75) is 13.8 Å². The number of carbonyl (C=O) groups is 1. The number of phenolic OH excluding ortho intramolecular Hbond substituents is 1. The van der Waals surface area contributed by atoms with Gasteiger partial charge in [0.1, 0.15) is 5.69 Å². The zero-order chi connectivity index (χ0) is 40.5. The molecule has 9 rings (SSSR count). The fourth-order valence-electron chi connectivity index (χ4n) is 7.34. The summed E-state index contributed by atoms with van der Waals surface area (Å²) in [6.07, 6.45) is 4.10. The average molecular weight is 769 g/mol. The Morgan fingerprint density at radius 1 is 0.661 bits per heavy atom. The Hall–Kier alpha value is -7.97. The summed E-state index contributed by atoms with van der Waals surface area (Å²) in [6, 6.07) is 53.8. The van der Waals surface area contributed by atoms with E-state index in [9.17, 15) is 9.90 Å². The van der Waals surface area contributed by atoms with Crippen molar-refractivity contribution in [2.24, 2.45) is 10.2 Å². The minimum atomic E-state index is -0.473. The van der Waals surface area contributed by atoms with Crippen molar-refractivity contribution in [1.82, 2.24) is 4.98 Å². The van der Waals surface area contributed by atoms with Crippen LogP contribution in [0.3, 0.4) is 0 Å². The molecule has 0 fully saturated rings. The molecule has 0 saturated carbocycles. The van der Waals surface area contributed by atoms with E-state index < -0.39 is 5.91 Å². The first kappa shape index (κ1) is 36.7. The molecule has 0 unspecified atom stereocenters. The lowest BCUT2D eigenvalue weighted by molar-refractivity contribution is 0.102. The van der Waals surface area contributed by atoms with Crippen LogP contribution in [0.1, 0.15) is 32.6 Å². The number of aryl methyl sites for hydroxylation is 2. The van der Waals surface area contributed by atoms with Gasteiger partial charge in [-0.05, 0) is 115 Å². The van der Waals surface area contributed by atoms with Crippen molar-refractivity contribution < 1.29 is 9.90 Å². The van der Waals surface area contributed by atoms with E-state index in [2.05, 4.69) is 118 Å². The van der Waals surface area contributed by atoms with Gasteiger partial charge in [0.2, 0.25) is 0 Å². The standard InChI is InChI=1S/C51H40N6O2/c1-32-7-24-40(25-8-32)57(41-26-9-33(2)10-27-41)42-28-15-35(16-29-42)12-11-34-13-20-38(21-14-34)53-51(59)45-31-36-17-30-44-43-5-3-4-6-46(43)54-48(44)47(36)49(50(45)58)56-55-39-22-18-37(52)19-23-39/h3-31,54,58H,52H2,1-2H3,(H,53,59)/b12-11+,56-55?. The number of amides is 1. The molecule has 0 aliphatic heterocycles. The number of nitrogens with zero attached hydrogens (tertiary/aromatic N) is 3. The molecular weight excluding hydrogens is 729 g/mol. The Morgan fingerprint density at radius 2 is 1.24 bits per heavy atom. The molecule has 0 saturated heterocycles. The number of anilines is 5. The highest BCUT2D eigenvalue weighted by atomic mass is 16.3. The molecule has 0 aliphatic carbocycles. The number of nitrogens with two attached hydrogens (primary N) is 1. The van der Waals surface area contributed by atoms with E-state index >= 15 is 0 Å². The number of fused-ring (bicyclic) bond motifs is 5. The fraction of sp³-hybridized carbons (Fsp3) is 0.0392. The lowest BCUT2D eigenvalue weighted by Gasteiger charge is -2.25. The monoisotopic (exact) mass is 768 g/mol. The Bertz CT molecular complexity index is 2990. The van der Waals surface area contributed by atoms with Gasteiger partial charge in [0.25, 0.3) is 5.91 Å². The number of nitrogen functional groups attached to an aromatic ring is 1. The lowest BCUT2D eigenvalue weighted by Crippen LogP contribution is -2.12. The number of carbonyl (C=O) groups excluding carboxylic acids is 1. The molecule has 0 aliphatic rings. The van der Waals surface area contributed by atoms with E-state index in [4.69, 9.17) is 5.73 Å². The van der Waals surface area contributed by atoms with E-state index in [1.54, 1.807) is 30.3 Å². The Kier molecular flexibility index (Phi) is 9.64. The van der Waals surface area contributed by atoms with Gasteiger partial charge < -0.3 is 26.0 Å².